The van der Waals surface area contributed by atoms with Crippen LogP contribution in [0.2, 0.25) is 0 Å². The zero-order valence-corrected chi connectivity index (χ0v) is 22.0. The number of primary amides is 1. The number of likely N-dealkylation sites (tertiary alicyclic amines) is 1. The van der Waals surface area contributed by atoms with Crippen LogP contribution in [0.4, 0.5) is 0 Å². The van der Waals surface area contributed by atoms with E-state index in [1.807, 2.05) is 12.1 Å². The van der Waals surface area contributed by atoms with Gasteiger partial charge in [0.1, 0.15) is 5.82 Å². The number of nitrogens with two attached hydrogens (primary N) is 1. The van der Waals surface area contributed by atoms with Crippen LogP contribution in [0.15, 0.2) is 91.1 Å². The van der Waals surface area contributed by atoms with Gasteiger partial charge in [-0.25, -0.2) is 0 Å². The summed E-state index contributed by atoms with van der Waals surface area (Å²) in [6.45, 7) is 1.59. The number of aryl methyl sites for hydroxylation is 2. The molecule has 0 aliphatic carbocycles. The smallest absolute Gasteiger partial charge is 0.220 e. The van der Waals surface area contributed by atoms with Crippen molar-refractivity contribution >= 4 is 16.8 Å². The van der Waals surface area contributed by atoms with Crippen LogP contribution in [-0.2, 0) is 24.1 Å². The summed E-state index contributed by atoms with van der Waals surface area (Å²) in [5, 5.41) is 10.9. The van der Waals surface area contributed by atoms with Gasteiger partial charge in [-0.15, -0.1) is 10.2 Å². The third kappa shape index (κ3) is 5.36. The first-order valence-corrected chi connectivity index (χ1v) is 13.8. The number of fused-ring (bicyclic) bond motifs is 1. The van der Waals surface area contributed by atoms with Crippen molar-refractivity contribution < 1.29 is 4.79 Å². The number of H-pyrrole nitrogens is 1. The van der Waals surface area contributed by atoms with Gasteiger partial charge >= 0.3 is 0 Å². The number of rotatable bonds is 9. The van der Waals surface area contributed by atoms with Crippen molar-refractivity contribution in [3.8, 4) is 5.69 Å². The van der Waals surface area contributed by atoms with E-state index in [9.17, 15) is 4.79 Å². The first-order valence-electron chi connectivity index (χ1n) is 13.8. The number of carbonyl (C=O) groups excluding carboxylic acids is 1. The van der Waals surface area contributed by atoms with E-state index < -0.39 is 0 Å². The number of hydrogen-bond donors (Lipinski definition) is 2. The largest absolute Gasteiger partial charge is 0.369 e. The monoisotopic (exact) mass is 518 g/mol. The van der Waals surface area contributed by atoms with Gasteiger partial charge in [-0.1, -0.05) is 66.7 Å². The molecule has 1 fully saturated rings. The zero-order valence-electron chi connectivity index (χ0n) is 22.0. The lowest BCUT2D eigenvalue weighted by Crippen LogP contribution is -2.41. The topological polar surface area (TPSA) is 92.8 Å². The van der Waals surface area contributed by atoms with Crippen molar-refractivity contribution in [1.82, 2.24) is 24.6 Å². The molecule has 0 radical (unpaired) electrons. The second kappa shape index (κ2) is 11.3. The number of aromatic amines is 1. The van der Waals surface area contributed by atoms with Crippen LogP contribution in [0.1, 0.15) is 41.7 Å². The summed E-state index contributed by atoms with van der Waals surface area (Å²) < 4.78 is 2.25. The fourth-order valence-electron chi connectivity index (χ4n) is 5.86. The van der Waals surface area contributed by atoms with E-state index in [2.05, 4.69) is 93.4 Å². The summed E-state index contributed by atoms with van der Waals surface area (Å²) in [5.41, 5.74) is 10.4. The van der Waals surface area contributed by atoms with Gasteiger partial charge in [0.2, 0.25) is 5.91 Å². The standard InChI is InChI=1S/C32H34N6O/c33-31(39)24-17-19-37(20-18-24)29(21-25-22-34-28-14-8-7-13-27(25)28)32-36-35-30(16-15-23-9-3-1-4-10-23)38(32)26-11-5-2-6-12-26/h1-14,22,24,29,34H,15-21H2,(H2,33,39)/t29-/m1/s1. The SMILES string of the molecule is NC(=O)C1CCN([C@H](Cc2c[nH]c3ccccc23)c2nnc(CCc3ccccc3)n2-c2ccccc2)CC1. The van der Waals surface area contributed by atoms with E-state index in [4.69, 9.17) is 15.9 Å². The molecule has 39 heavy (non-hydrogen) atoms. The molecule has 0 unspecified atom stereocenters. The highest BCUT2D eigenvalue weighted by Crippen LogP contribution is 2.33. The maximum absolute atomic E-state index is 11.9. The number of nitrogens with one attached hydrogen (secondary N) is 1. The molecule has 1 saturated heterocycles. The quantitative estimate of drug-likeness (QED) is 0.287. The van der Waals surface area contributed by atoms with Crippen LogP contribution >= 0.6 is 0 Å². The van der Waals surface area contributed by atoms with Crippen molar-refractivity contribution in [2.45, 2.75) is 38.1 Å². The Morgan fingerprint density at radius 3 is 2.33 bits per heavy atom. The third-order valence-corrected chi connectivity index (χ3v) is 8.01. The minimum absolute atomic E-state index is 0.00351. The van der Waals surface area contributed by atoms with Crippen LogP contribution in [0, 0.1) is 5.92 Å². The summed E-state index contributed by atoms with van der Waals surface area (Å²) >= 11 is 0. The number of aromatic nitrogens is 4. The van der Waals surface area contributed by atoms with Crippen LogP contribution in [0.25, 0.3) is 16.6 Å². The molecule has 1 amide bonds. The molecule has 3 aromatic carbocycles. The molecule has 7 nitrogen and oxygen atoms in total. The summed E-state index contributed by atoms with van der Waals surface area (Å²) in [6, 6.07) is 29.4. The molecular weight excluding hydrogens is 484 g/mol. The van der Waals surface area contributed by atoms with Gasteiger partial charge in [0.15, 0.2) is 5.82 Å². The lowest BCUT2D eigenvalue weighted by Gasteiger charge is -2.36. The number of nitrogens with zero attached hydrogens (tertiary/aromatic N) is 4. The Balaban J connectivity index is 1.39. The zero-order chi connectivity index (χ0) is 26.6. The number of para-hydroxylation sites is 2. The molecule has 0 spiro atoms. The average molecular weight is 519 g/mol. The molecule has 2 aromatic heterocycles. The second-order valence-electron chi connectivity index (χ2n) is 10.4. The van der Waals surface area contributed by atoms with E-state index in [1.165, 1.54) is 16.5 Å². The maximum Gasteiger partial charge on any atom is 0.220 e. The van der Waals surface area contributed by atoms with Crippen LogP contribution in [0.3, 0.4) is 0 Å². The Labute approximate surface area is 228 Å². The van der Waals surface area contributed by atoms with Gasteiger partial charge in [-0.3, -0.25) is 14.3 Å². The summed E-state index contributed by atoms with van der Waals surface area (Å²) in [5.74, 6) is 1.63. The molecule has 3 N–H and O–H groups in total. The Morgan fingerprint density at radius 2 is 1.59 bits per heavy atom. The number of carbonyl (C=O) groups is 1. The van der Waals surface area contributed by atoms with Gasteiger partial charge in [-0.2, -0.15) is 0 Å². The molecule has 0 bridgehead atoms. The van der Waals surface area contributed by atoms with Crippen LogP contribution in [-0.4, -0.2) is 43.6 Å². The summed E-state index contributed by atoms with van der Waals surface area (Å²) in [7, 11) is 0. The predicted molar refractivity (Wildman–Crippen MR) is 153 cm³/mol. The van der Waals surface area contributed by atoms with Gasteiger partial charge in [0, 0.05) is 35.1 Å². The van der Waals surface area contributed by atoms with Crippen molar-refractivity contribution in [2.24, 2.45) is 11.7 Å². The molecule has 6 rings (SSSR count). The minimum atomic E-state index is -0.196. The van der Waals surface area contributed by atoms with Gasteiger partial charge in [-0.05, 0) is 68.1 Å². The molecule has 1 atom stereocenters. The Hall–Kier alpha value is -4.23. The number of amides is 1. The molecule has 5 aromatic rings. The van der Waals surface area contributed by atoms with E-state index in [0.717, 1.165) is 68.0 Å². The first-order chi connectivity index (χ1) is 19.2. The number of piperidine rings is 1. The average Bonchev–Trinajstić information content (AvgIpc) is 3.60. The highest BCUT2D eigenvalue weighted by Gasteiger charge is 2.33. The van der Waals surface area contributed by atoms with E-state index in [1.54, 1.807) is 0 Å². The Bertz CT molecular complexity index is 1530. The normalized spacial score (nSPS) is 15.5. The van der Waals surface area contributed by atoms with Crippen molar-refractivity contribution in [1.29, 1.82) is 0 Å². The molecule has 0 saturated carbocycles. The van der Waals surface area contributed by atoms with Gasteiger partial charge in [0.05, 0.1) is 6.04 Å². The third-order valence-electron chi connectivity index (χ3n) is 8.01. The fourth-order valence-corrected chi connectivity index (χ4v) is 5.86. The van der Waals surface area contributed by atoms with Gasteiger partial charge in [0.25, 0.3) is 0 Å². The van der Waals surface area contributed by atoms with Crippen LogP contribution in [0.5, 0.6) is 0 Å². The Morgan fingerprint density at radius 1 is 0.897 bits per heavy atom. The number of benzene rings is 3. The van der Waals surface area contributed by atoms with E-state index in [0.29, 0.717) is 0 Å². The lowest BCUT2D eigenvalue weighted by molar-refractivity contribution is -0.123. The fraction of sp³-hybridized carbons (Fsp3) is 0.281. The van der Waals surface area contributed by atoms with Crippen molar-refractivity contribution in [3.63, 3.8) is 0 Å². The maximum atomic E-state index is 11.9. The van der Waals surface area contributed by atoms with Crippen molar-refractivity contribution in [3.05, 3.63) is 114 Å². The number of hydrogen-bond acceptors (Lipinski definition) is 4. The van der Waals surface area contributed by atoms with E-state index in [-0.39, 0.29) is 17.9 Å². The highest BCUT2D eigenvalue weighted by molar-refractivity contribution is 5.83. The molecular formula is C32H34N6O. The van der Waals surface area contributed by atoms with Crippen LogP contribution < -0.4 is 5.73 Å². The molecule has 1 aliphatic heterocycles. The Kier molecular flexibility index (Phi) is 7.23. The summed E-state index contributed by atoms with van der Waals surface area (Å²) in [4.78, 5) is 17.8. The minimum Gasteiger partial charge on any atom is -0.369 e. The van der Waals surface area contributed by atoms with E-state index >= 15 is 0 Å². The van der Waals surface area contributed by atoms with Gasteiger partial charge < -0.3 is 10.7 Å². The van der Waals surface area contributed by atoms with Crippen molar-refractivity contribution in [2.75, 3.05) is 13.1 Å². The second-order valence-corrected chi connectivity index (χ2v) is 10.4. The predicted octanol–water partition coefficient (Wildman–Crippen LogP) is 5.01. The first kappa shape index (κ1) is 25.1. The molecule has 198 valence electrons. The lowest BCUT2D eigenvalue weighted by atomic mass is 9.93. The summed E-state index contributed by atoms with van der Waals surface area (Å²) in [6.07, 6.45) is 6.11. The highest BCUT2D eigenvalue weighted by atomic mass is 16.1. The molecule has 7 heteroatoms. The molecule has 1 aliphatic rings. The molecule has 3 heterocycles.